The lowest BCUT2D eigenvalue weighted by molar-refractivity contribution is 0.0864. The lowest BCUT2D eigenvalue weighted by Gasteiger charge is -2.31. The average molecular weight is 301 g/mol. The molecule has 1 atom stereocenters. The van der Waals surface area contributed by atoms with Gasteiger partial charge in [0.1, 0.15) is 5.82 Å². The van der Waals surface area contributed by atoms with Crippen LogP contribution >= 0.6 is 0 Å². The van der Waals surface area contributed by atoms with Gasteiger partial charge in [-0.05, 0) is 49.9 Å². The first-order valence-corrected chi connectivity index (χ1v) is 8.31. The van der Waals surface area contributed by atoms with Gasteiger partial charge >= 0.3 is 0 Å². The molecule has 0 aromatic heterocycles. The molecule has 1 aromatic carbocycles. The Balaban J connectivity index is 2.10. The summed E-state index contributed by atoms with van der Waals surface area (Å²) in [5, 5.41) is 0. The first-order chi connectivity index (χ1) is 9.54. The summed E-state index contributed by atoms with van der Waals surface area (Å²) in [7, 11) is -3.53. The van der Waals surface area contributed by atoms with E-state index in [1.54, 1.807) is 0 Å². The molecule has 2 rings (SSSR count). The number of ether oxygens (including phenoxy) is 1. The van der Waals surface area contributed by atoms with Crippen molar-refractivity contribution in [3.05, 3.63) is 30.1 Å². The standard InChI is InChI=1S/C14H20FNO3S/c1-2-19-11-12-4-3-9-16(10-12)20(17,18)14-7-5-13(15)6-8-14/h5-8,12H,2-4,9-11H2,1H3. The van der Waals surface area contributed by atoms with Gasteiger partial charge in [0.15, 0.2) is 0 Å². The van der Waals surface area contributed by atoms with Gasteiger partial charge in [0.2, 0.25) is 10.0 Å². The van der Waals surface area contributed by atoms with Crippen LogP contribution in [0.4, 0.5) is 4.39 Å². The quantitative estimate of drug-likeness (QED) is 0.838. The fraction of sp³-hybridized carbons (Fsp3) is 0.571. The summed E-state index contributed by atoms with van der Waals surface area (Å²) in [4.78, 5) is 0.149. The van der Waals surface area contributed by atoms with Gasteiger partial charge in [0, 0.05) is 19.7 Å². The zero-order valence-electron chi connectivity index (χ0n) is 11.6. The van der Waals surface area contributed by atoms with Crippen molar-refractivity contribution in [3.63, 3.8) is 0 Å². The molecule has 0 spiro atoms. The smallest absolute Gasteiger partial charge is 0.243 e. The zero-order valence-corrected chi connectivity index (χ0v) is 12.4. The highest BCUT2D eigenvalue weighted by atomic mass is 32.2. The first kappa shape index (κ1) is 15.4. The average Bonchev–Trinajstić information content (AvgIpc) is 2.46. The van der Waals surface area contributed by atoms with E-state index in [4.69, 9.17) is 4.74 Å². The van der Waals surface area contributed by atoms with Crippen LogP contribution in [0.5, 0.6) is 0 Å². The van der Waals surface area contributed by atoms with Crippen molar-refractivity contribution in [1.82, 2.24) is 4.31 Å². The number of sulfonamides is 1. The van der Waals surface area contributed by atoms with E-state index in [-0.39, 0.29) is 10.8 Å². The van der Waals surface area contributed by atoms with Crippen LogP contribution in [0, 0.1) is 11.7 Å². The first-order valence-electron chi connectivity index (χ1n) is 6.87. The molecule has 1 aromatic rings. The maximum atomic E-state index is 12.9. The summed E-state index contributed by atoms with van der Waals surface area (Å²) in [5.74, 6) is -0.198. The van der Waals surface area contributed by atoms with Gasteiger partial charge in [-0.25, -0.2) is 12.8 Å². The summed E-state index contributed by atoms with van der Waals surface area (Å²) >= 11 is 0. The highest BCUT2D eigenvalue weighted by Crippen LogP contribution is 2.24. The molecule has 1 aliphatic rings. The number of halogens is 1. The van der Waals surface area contributed by atoms with Crippen molar-refractivity contribution in [2.24, 2.45) is 5.92 Å². The molecule has 4 nitrogen and oxygen atoms in total. The highest BCUT2D eigenvalue weighted by Gasteiger charge is 2.30. The third kappa shape index (κ3) is 3.56. The summed E-state index contributed by atoms with van der Waals surface area (Å²) < 4.78 is 44.7. The molecule has 0 radical (unpaired) electrons. The fourth-order valence-electron chi connectivity index (χ4n) is 2.42. The molecule has 1 fully saturated rings. The Morgan fingerprint density at radius 3 is 2.70 bits per heavy atom. The maximum Gasteiger partial charge on any atom is 0.243 e. The predicted octanol–water partition coefficient (Wildman–Crippen LogP) is 2.26. The number of nitrogens with zero attached hydrogens (tertiary/aromatic N) is 1. The van der Waals surface area contributed by atoms with Crippen LogP contribution in [0.15, 0.2) is 29.2 Å². The SMILES string of the molecule is CCOCC1CCCN(S(=O)(=O)c2ccc(F)cc2)C1. The van der Waals surface area contributed by atoms with Crippen LogP contribution in [-0.2, 0) is 14.8 Å². The van der Waals surface area contributed by atoms with E-state index in [1.807, 2.05) is 6.92 Å². The van der Waals surface area contributed by atoms with Gasteiger partial charge in [0.25, 0.3) is 0 Å². The van der Waals surface area contributed by atoms with E-state index in [2.05, 4.69) is 0 Å². The van der Waals surface area contributed by atoms with Gasteiger partial charge < -0.3 is 4.74 Å². The van der Waals surface area contributed by atoms with Crippen LogP contribution in [-0.4, -0.2) is 39.0 Å². The van der Waals surface area contributed by atoms with Crippen molar-refractivity contribution >= 4 is 10.0 Å². The van der Waals surface area contributed by atoms with Crippen molar-refractivity contribution < 1.29 is 17.5 Å². The van der Waals surface area contributed by atoms with Crippen molar-refractivity contribution in [1.29, 1.82) is 0 Å². The van der Waals surface area contributed by atoms with E-state index < -0.39 is 15.8 Å². The van der Waals surface area contributed by atoms with E-state index in [1.165, 1.54) is 28.6 Å². The summed E-state index contributed by atoms with van der Waals surface area (Å²) in [6, 6.07) is 4.98. The second-order valence-corrected chi connectivity index (χ2v) is 6.92. The van der Waals surface area contributed by atoms with Crippen molar-refractivity contribution in [2.75, 3.05) is 26.3 Å². The lowest BCUT2D eigenvalue weighted by Crippen LogP contribution is -2.41. The Morgan fingerprint density at radius 1 is 1.35 bits per heavy atom. The van der Waals surface area contributed by atoms with Gasteiger partial charge in [0.05, 0.1) is 11.5 Å². The Labute approximate surface area is 119 Å². The third-order valence-electron chi connectivity index (χ3n) is 3.49. The Bertz CT molecular complexity index is 530. The van der Waals surface area contributed by atoms with Crippen LogP contribution in [0.2, 0.25) is 0 Å². The Morgan fingerprint density at radius 2 is 2.05 bits per heavy atom. The third-order valence-corrected chi connectivity index (χ3v) is 5.37. The fourth-order valence-corrected chi connectivity index (χ4v) is 3.98. The topological polar surface area (TPSA) is 46.6 Å². The number of piperidine rings is 1. The molecule has 0 N–H and O–H groups in total. The molecule has 0 bridgehead atoms. The Kier molecular flexibility index (Phi) is 5.12. The number of benzene rings is 1. The zero-order chi connectivity index (χ0) is 14.6. The summed E-state index contributed by atoms with van der Waals surface area (Å²) in [6.45, 7) is 4.14. The van der Waals surface area contributed by atoms with E-state index in [0.717, 1.165) is 12.8 Å². The second-order valence-electron chi connectivity index (χ2n) is 4.98. The molecular weight excluding hydrogens is 281 g/mol. The van der Waals surface area contributed by atoms with E-state index in [9.17, 15) is 12.8 Å². The van der Waals surface area contributed by atoms with Crippen LogP contribution < -0.4 is 0 Å². The lowest BCUT2D eigenvalue weighted by atomic mass is 10.0. The van der Waals surface area contributed by atoms with Crippen molar-refractivity contribution in [3.8, 4) is 0 Å². The van der Waals surface area contributed by atoms with E-state index >= 15 is 0 Å². The summed E-state index contributed by atoms with van der Waals surface area (Å²) in [5.41, 5.74) is 0. The molecule has 6 heteroatoms. The maximum absolute atomic E-state index is 12.9. The minimum atomic E-state index is -3.53. The number of rotatable bonds is 5. The molecule has 0 aliphatic carbocycles. The van der Waals surface area contributed by atoms with E-state index in [0.29, 0.717) is 26.3 Å². The molecule has 1 heterocycles. The van der Waals surface area contributed by atoms with Crippen molar-refractivity contribution in [2.45, 2.75) is 24.7 Å². The van der Waals surface area contributed by atoms with Gasteiger partial charge in [-0.2, -0.15) is 4.31 Å². The normalized spacial score (nSPS) is 21.0. The summed E-state index contributed by atoms with van der Waals surface area (Å²) in [6.07, 6.45) is 1.81. The Hall–Kier alpha value is -0.980. The number of hydrogen-bond acceptors (Lipinski definition) is 3. The highest BCUT2D eigenvalue weighted by molar-refractivity contribution is 7.89. The molecular formula is C14H20FNO3S. The molecule has 0 amide bonds. The molecule has 0 saturated carbocycles. The van der Waals surface area contributed by atoms with Gasteiger partial charge in [-0.3, -0.25) is 0 Å². The molecule has 20 heavy (non-hydrogen) atoms. The molecule has 1 aliphatic heterocycles. The monoisotopic (exact) mass is 301 g/mol. The molecule has 1 unspecified atom stereocenters. The van der Waals surface area contributed by atoms with Gasteiger partial charge in [-0.1, -0.05) is 0 Å². The van der Waals surface area contributed by atoms with Crippen LogP contribution in [0.3, 0.4) is 0 Å². The minimum Gasteiger partial charge on any atom is -0.381 e. The predicted molar refractivity (Wildman–Crippen MR) is 74.4 cm³/mol. The largest absolute Gasteiger partial charge is 0.381 e. The number of hydrogen-bond donors (Lipinski definition) is 0. The molecule has 1 saturated heterocycles. The molecule has 112 valence electrons. The van der Waals surface area contributed by atoms with Gasteiger partial charge in [-0.15, -0.1) is 0 Å². The second kappa shape index (κ2) is 6.65. The van der Waals surface area contributed by atoms with Crippen LogP contribution in [0.25, 0.3) is 0 Å². The van der Waals surface area contributed by atoms with Crippen LogP contribution in [0.1, 0.15) is 19.8 Å². The minimum absolute atomic E-state index is 0.149.